The number of amides is 1. The Labute approximate surface area is 120 Å². The van der Waals surface area contributed by atoms with E-state index in [1.54, 1.807) is 0 Å². The lowest BCUT2D eigenvalue weighted by atomic mass is 10.1. The van der Waals surface area contributed by atoms with Crippen molar-refractivity contribution >= 4 is 16.8 Å². The molecule has 108 valence electrons. The molecule has 2 rings (SSSR count). The lowest BCUT2D eigenvalue weighted by Gasteiger charge is -2.20. The van der Waals surface area contributed by atoms with Gasteiger partial charge in [0.1, 0.15) is 0 Å². The van der Waals surface area contributed by atoms with Crippen LogP contribution in [0.2, 0.25) is 0 Å². The number of aromatic nitrogens is 1. The third-order valence-corrected chi connectivity index (χ3v) is 3.69. The van der Waals surface area contributed by atoms with Gasteiger partial charge in [0.2, 0.25) is 5.91 Å². The average Bonchev–Trinajstić information content (AvgIpc) is 2.82. The minimum atomic E-state index is 0.0758. The summed E-state index contributed by atoms with van der Waals surface area (Å²) in [4.78, 5) is 17.4. The summed E-state index contributed by atoms with van der Waals surface area (Å²) >= 11 is 0. The monoisotopic (exact) mass is 273 g/mol. The molecule has 4 heteroatoms. The Morgan fingerprint density at radius 3 is 2.85 bits per heavy atom. The molecule has 0 atom stereocenters. The summed E-state index contributed by atoms with van der Waals surface area (Å²) in [5, 5.41) is 4.10. The number of para-hydroxylation sites is 1. The van der Waals surface area contributed by atoms with Crippen LogP contribution in [0.4, 0.5) is 0 Å². The topological polar surface area (TPSA) is 48.1 Å². The minimum absolute atomic E-state index is 0.0758. The summed E-state index contributed by atoms with van der Waals surface area (Å²) in [5.41, 5.74) is 2.13. The maximum atomic E-state index is 12.0. The van der Waals surface area contributed by atoms with E-state index in [-0.39, 0.29) is 5.91 Å². The highest BCUT2D eigenvalue weighted by molar-refractivity contribution is 5.88. The van der Waals surface area contributed by atoms with Gasteiger partial charge in [-0.2, -0.15) is 0 Å². The summed E-state index contributed by atoms with van der Waals surface area (Å²) in [5.74, 6) is 0.0758. The molecule has 0 spiro atoms. The van der Waals surface area contributed by atoms with Crippen molar-refractivity contribution in [2.75, 3.05) is 20.1 Å². The van der Waals surface area contributed by atoms with Crippen LogP contribution >= 0.6 is 0 Å². The summed E-state index contributed by atoms with van der Waals surface area (Å²) in [6, 6.07) is 8.55. The Morgan fingerprint density at radius 1 is 1.35 bits per heavy atom. The van der Waals surface area contributed by atoms with Crippen molar-refractivity contribution in [1.29, 1.82) is 0 Å². The van der Waals surface area contributed by atoms with Gasteiger partial charge in [0.25, 0.3) is 0 Å². The van der Waals surface area contributed by atoms with Gasteiger partial charge in [0, 0.05) is 36.2 Å². The number of benzene rings is 1. The number of hydrogen-bond acceptors (Lipinski definition) is 2. The van der Waals surface area contributed by atoms with Crippen molar-refractivity contribution in [2.24, 2.45) is 0 Å². The molecule has 0 aliphatic rings. The molecule has 1 heterocycles. The number of nitrogens with zero attached hydrogens (tertiary/aromatic N) is 1. The Bertz CT molecular complexity index is 574. The number of aromatic amines is 1. The largest absolute Gasteiger partial charge is 0.361 e. The number of carbonyl (C=O) groups excluding carboxylic acids is 1. The predicted octanol–water partition coefficient (Wildman–Crippen LogP) is 2.17. The molecule has 0 radical (unpaired) electrons. The Kier molecular flexibility index (Phi) is 4.79. The quantitative estimate of drug-likeness (QED) is 0.847. The molecule has 0 fully saturated rings. The molecule has 0 bridgehead atoms. The van der Waals surface area contributed by atoms with Crippen molar-refractivity contribution in [1.82, 2.24) is 15.2 Å². The third-order valence-electron chi connectivity index (χ3n) is 3.69. The minimum Gasteiger partial charge on any atom is -0.361 e. The van der Waals surface area contributed by atoms with Gasteiger partial charge in [-0.1, -0.05) is 18.2 Å². The molecule has 1 aromatic carbocycles. The Hall–Kier alpha value is -1.81. The van der Waals surface area contributed by atoms with Crippen molar-refractivity contribution < 1.29 is 4.79 Å². The highest BCUT2D eigenvalue weighted by atomic mass is 16.1. The van der Waals surface area contributed by atoms with E-state index in [4.69, 9.17) is 0 Å². The zero-order valence-electron chi connectivity index (χ0n) is 12.4. The summed E-state index contributed by atoms with van der Waals surface area (Å²) in [6.07, 6.45) is 2.35. The summed E-state index contributed by atoms with van der Waals surface area (Å²) < 4.78 is 0. The summed E-state index contributed by atoms with van der Waals surface area (Å²) in [6.45, 7) is 5.86. The van der Waals surface area contributed by atoms with E-state index in [0.29, 0.717) is 19.0 Å². The van der Waals surface area contributed by atoms with E-state index in [9.17, 15) is 4.79 Å². The van der Waals surface area contributed by atoms with Crippen molar-refractivity contribution in [2.45, 2.75) is 26.3 Å². The van der Waals surface area contributed by atoms with Gasteiger partial charge in [0.15, 0.2) is 0 Å². The molecular formula is C16H23N3O. The molecule has 0 aliphatic carbocycles. The average molecular weight is 273 g/mol. The van der Waals surface area contributed by atoms with Crippen LogP contribution in [-0.4, -0.2) is 42.0 Å². The van der Waals surface area contributed by atoms with Gasteiger partial charge in [-0.3, -0.25) is 4.79 Å². The van der Waals surface area contributed by atoms with E-state index < -0.39 is 0 Å². The van der Waals surface area contributed by atoms with Crippen molar-refractivity contribution in [3.63, 3.8) is 0 Å². The maximum absolute atomic E-state index is 12.0. The number of hydrogen-bond donors (Lipinski definition) is 2. The van der Waals surface area contributed by atoms with E-state index in [2.05, 4.69) is 36.1 Å². The fourth-order valence-electron chi connectivity index (χ4n) is 2.14. The lowest BCUT2D eigenvalue weighted by molar-refractivity contribution is -0.120. The van der Waals surface area contributed by atoms with E-state index in [1.807, 2.05) is 30.5 Å². The Balaban J connectivity index is 1.86. The molecule has 4 nitrogen and oxygen atoms in total. The van der Waals surface area contributed by atoms with Gasteiger partial charge < -0.3 is 15.2 Å². The molecule has 1 aromatic heterocycles. The van der Waals surface area contributed by atoms with Gasteiger partial charge >= 0.3 is 0 Å². The molecule has 1 amide bonds. The SMILES string of the molecule is CC(C)N(C)CCNC(=O)Cc1c[nH]c2ccccc12. The first kappa shape index (κ1) is 14.6. The molecule has 0 aliphatic heterocycles. The Morgan fingerprint density at radius 2 is 2.10 bits per heavy atom. The molecule has 2 N–H and O–H groups in total. The zero-order chi connectivity index (χ0) is 14.5. The lowest BCUT2D eigenvalue weighted by Crippen LogP contribution is -2.36. The van der Waals surface area contributed by atoms with Crippen LogP contribution in [0.15, 0.2) is 30.5 Å². The summed E-state index contributed by atoms with van der Waals surface area (Å²) in [7, 11) is 2.07. The van der Waals surface area contributed by atoms with Crippen LogP contribution in [0.25, 0.3) is 10.9 Å². The molecule has 0 unspecified atom stereocenters. The first-order chi connectivity index (χ1) is 9.58. The van der Waals surface area contributed by atoms with Crippen LogP contribution in [0.3, 0.4) is 0 Å². The number of H-pyrrole nitrogens is 1. The second kappa shape index (κ2) is 6.57. The number of rotatable bonds is 6. The number of nitrogens with one attached hydrogen (secondary N) is 2. The maximum Gasteiger partial charge on any atom is 0.224 e. The number of fused-ring (bicyclic) bond motifs is 1. The highest BCUT2D eigenvalue weighted by Gasteiger charge is 2.09. The van der Waals surface area contributed by atoms with Gasteiger partial charge in [-0.05, 0) is 32.5 Å². The van der Waals surface area contributed by atoms with Crippen molar-refractivity contribution in [3.05, 3.63) is 36.0 Å². The fraction of sp³-hybridized carbons (Fsp3) is 0.438. The molecule has 2 aromatic rings. The van der Waals surface area contributed by atoms with Crippen LogP contribution in [-0.2, 0) is 11.2 Å². The smallest absolute Gasteiger partial charge is 0.224 e. The number of carbonyl (C=O) groups is 1. The second-order valence-corrected chi connectivity index (χ2v) is 5.46. The van der Waals surface area contributed by atoms with E-state index >= 15 is 0 Å². The first-order valence-electron chi connectivity index (χ1n) is 7.10. The van der Waals surface area contributed by atoms with Crippen LogP contribution in [0, 0.1) is 0 Å². The van der Waals surface area contributed by atoms with Gasteiger partial charge in [0.05, 0.1) is 6.42 Å². The molecule has 0 saturated heterocycles. The van der Waals surface area contributed by atoms with Gasteiger partial charge in [-0.25, -0.2) is 0 Å². The molecule has 20 heavy (non-hydrogen) atoms. The number of likely N-dealkylation sites (N-methyl/N-ethyl adjacent to an activating group) is 1. The van der Waals surface area contributed by atoms with Gasteiger partial charge in [-0.15, -0.1) is 0 Å². The van der Waals surface area contributed by atoms with E-state index in [0.717, 1.165) is 23.0 Å². The highest BCUT2D eigenvalue weighted by Crippen LogP contribution is 2.17. The first-order valence-corrected chi connectivity index (χ1v) is 7.10. The molecule has 0 saturated carbocycles. The fourth-order valence-corrected chi connectivity index (χ4v) is 2.14. The zero-order valence-corrected chi connectivity index (χ0v) is 12.4. The van der Waals surface area contributed by atoms with Crippen LogP contribution < -0.4 is 5.32 Å². The second-order valence-electron chi connectivity index (χ2n) is 5.46. The third kappa shape index (κ3) is 3.61. The molecular weight excluding hydrogens is 250 g/mol. The van der Waals surface area contributed by atoms with E-state index in [1.165, 1.54) is 0 Å². The normalized spacial score (nSPS) is 11.4. The van der Waals surface area contributed by atoms with Crippen molar-refractivity contribution in [3.8, 4) is 0 Å². The van der Waals surface area contributed by atoms with Crippen LogP contribution in [0.5, 0.6) is 0 Å². The van der Waals surface area contributed by atoms with Crippen LogP contribution in [0.1, 0.15) is 19.4 Å². The standard InChI is InChI=1S/C16H23N3O/c1-12(2)19(3)9-8-17-16(20)10-13-11-18-15-7-5-4-6-14(13)15/h4-7,11-12,18H,8-10H2,1-3H3,(H,17,20). The predicted molar refractivity (Wildman–Crippen MR) is 82.8 cm³/mol.